The lowest BCUT2D eigenvalue weighted by Crippen LogP contribution is -2.06. The molecule has 2 N–H and O–H groups in total. The van der Waals surface area contributed by atoms with Gasteiger partial charge in [0, 0.05) is 17.7 Å². The van der Waals surface area contributed by atoms with Crippen LogP contribution in [0.15, 0.2) is 87.7 Å². The Bertz CT molecular complexity index is 1760. The van der Waals surface area contributed by atoms with E-state index in [-0.39, 0.29) is 32.5 Å². The zero-order valence-electron chi connectivity index (χ0n) is 18.4. The predicted molar refractivity (Wildman–Crippen MR) is 132 cm³/mol. The third kappa shape index (κ3) is 3.87. The molecule has 0 aliphatic heterocycles. The number of anilines is 1. The molecule has 0 amide bonds. The Kier molecular flexibility index (Phi) is 5.25. The largest absolute Gasteiger partial charge is 0.382 e. The van der Waals surface area contributed by atoms with E-state index < -0.39 is 14.8 Å². The molecule has 0 aliphatic carbocycles. The number of hydrogen-bond donors (Lipinski definition) is 1. The Balaban J connectivity index is 1.76. The molecule has 5 rings (SSSR count). The van der Waals surface area contributed by atoms with Crippen molar-refractivity contribution in [2.45, 2.75) is 16.7 Å². The molecule has 0 spiro atoms. The standard InChI is InChI=1S/C24H18N6O4S/c1-15-9-11-18(12-10-15)35(33,34)22-21-24(28-20-8-3-2-7-19(20)27-21)29(23(22)25)26-14-16-5-4-6-17(13-16)30(31)32/h2-14H,25H2,1H3/b26-14+. The number of hydrogen-bond acceptors (Lipinski definition) is 8. The highest BCUT2D eigenvalue weighted by Gasteiger charge is 2.30. The van der Waals surface area contributed by atoms with E-state index in [0.717, 1.165) is 5.56 Å². The summed E-state index contributed by atoms with van der Waals surface area (Å²) in [6.45, 7) is 1.86. The summed E-state index contributed by atoms with van der Waals surface area (Å²) in [4.78, 5) is 19.6. The van der Waals surface area contributed by atoms with Crippen molar-refractivity contribution in [2.24, 2.45) is 5.10 Å². The van der Waals surface area contributed by atoms with Gasteiger partial charge in [-0.25, -0.2) is 18.4 Å². The minimum Gasteiger partial charge on any atom is -0.382 e. The summed E-state index contributed by atoms with van der Waals surface area (Å²) >= 11 is 0. The summed E-state index contributed by atoms with van der Waals surface area (Å²) in [5.41, 5.74) is 8.85. The minimum absolute atomic E-state index is 0.0615. The number of benzene rings is 3. The van der Waals surface area contributed by atoms with E-state index in [0.29, 0.717) is 16.6 Å². The molecule has 10 nitrogen and oxygen atoms in total. The second-order valence-corrected chi connectivity index (χ2v) is 9.71. The monoisotopic (exact) mass is 486 g/mol. The van der Waals surface area contributed by atoms with Gasteiger partial charge in [0.1, 0.15) is 16.2 Å². The molecule has 0 aliphatic rings. The van der Waals surface area contributed by atoms with Gasteiger partial charge in [0.15, 0.2) is 5.65 Å². The summed E-state index contributed by atoms with van der Waals surface area (Å²) in [5.74, 6) is -0.169. The fraction of sp³-hybridized carbons (Fsp3) is 0.0417. The normalized spacial score (nSPS) is 12.0. The first-order chi connectivity index (χ1) is 16.8. The van der Waals surface area contributed by atoms with Crippen molar-refractivity contribution in [1.82, 2.24) is 14.6 Å². The first-order valence-corrected chi connectivity index (χ1v) is 11.9. The Labute approximate surface area is 199 Å². The van der Waals surface area contributed by atoms with E-state index in [1.165, 1.54) is 41.2 Å². The molecular formula is C24H18N6O4S. The summed E-state index contributed by atoms with van der Waals surface area (Å²) in [6.07, 6.45) is 1.35. The number of nitrogen functional groups attached to an aromatic ring is 1. The molecule has 0 radical (unpaired) electrons. The van der Waals surface area contributed by atoms with E-state index in [1.807, 2.05) is 6.92 Å². The Morgan fingerprint density at radius 1 is 1.00 bits per heavy atom. The van der Waals surface area contributed by atoms with Crippen LogP contribution in [0.3, 0.4) is 0 Å². The molecule has 0 fully saturated rings. The van der Waals surface area contributed by atoms with Crippen molar-refractivity contribution in [3.63, 3.8) is 0 Å². The van der Waals surface area contributed by atoms with Gasteiger partial charge in [0.2, 0.25) is 9.84 Å². The number of non-ortho nitro benzene ring substituents is 1. The maximum Gasteiger partial charge on any atom is 0.270 e. The summed E-state index contributed by atoms with van der Waals surface area (Å²) in [6, 6.07) is 19.3. The first-order valence-electron chi connectivity index (χ1n) is 10.4. The number of para-hydroxylation sites is 2. The van der Waals surface area contributed by atoms with Crippen LogP contribution in [-0.4, -0.2) is 34.2 Å². The lowest BCUT2D eigenvalue weighted by Gasteiger charge is -2.05. The van der Waals surface area contributed by atoms with Crippen LogP contribution in [0.1, 0.15) is 11.1 Å². The third-order valence-electron chi connectivity index (χ3n) is 5.43. The maximum atomic E-state index is 13.6. The van der Waals surface area contributed by atoms with E-state index in [1.54, 1.807) is 42.5 Å². The van der Waals surface area contributed by atoms with Crippen molar-refractivity contribution in [3.05, 3.63) is 94.0 Å². The zero-order valence-corrected chi connectivity index (χ0v) is 19.2. The third-order valence-corrected chi connectivity index (χ3v) is 7.26. The van der Waals surface area contributed by atoms with E-state index in [2.05, 4.69) is 15.1 Å². The number of nitro groups is 1. The van der Waals surface area contributed by atoms with Crippen LogP contribution in [0, 0.1) is 17.0 Å². The Morgan fingerprint density at radius 3 is 2.37 bits per heavy atom. The molecule has 35 heavy (non-hydrogen) atoms. The Morgan fingerprint density at radius 2 is 1.69 bits per heavy atom. The topological polar surface area (TPSA) is 146 Å². The smallest absolute Gasteiger partial charge is 0.270 e. The second kappa shape index (κ2) is 8.29. The van der Waals surface area contributed by atoms with E-state index in [4.69, 9.17) is 5.73 Å². The van der Waals surface area contributed by atoms with Gasteiger partial charge in [-0.2, -0.15) is 9.78 Å². The summed E-state index contributed by atoms with van der Waals surface area (Å²) in [7, 11) is -4.07. The number of aromatic nitrogens is 3. The number of nitro benzene ring substituents is 1. The number of fused-ring (bicyclic) bond motifs is 2. The van der Waals surface area contributed by atoms with Gasteiger partial charge < -0.3 is 5.73 Å². The van der Waals surface area contributed by atoms with Crippen molar-refractivity contribution < 1.29 is 13.3 Å². The zero-order chi connectivity index (χ0) is 24.7. The first kappa shape index (κ1) is 22.2. The molecular weight excluding hydrogens is 468 g/mol. The van der Waals surface area contributed by atoms with Gasteiger partial charge in [-0.05, 0) is 31.2 Å². The van der Waals surface area contributed by atoms with Crippen LogP contribution >= 0.6 is 0 Å². The lowest BCUT2D eigenvalue weighted by atomic mass is 10.2. The molecule has 2 heterocycles. The SMILES string of the molecule is Cc1ccc(S(=O)(=O)c2c(N)n(/N=C/c3cccc([N+](=O)[O-])c3)c3nc4ccccc4nc23)cc1. The summed E-state index contributed by atoms with van der Waals surface area (Å²) in [5, 5.41) is 15.4. The predicted octanol–water partition coefficient (Wildman–Crippen LogP) is 4.10. The van der Waals surface area contributed by atoms with Crippen molar-refractivity contribution in [3.8, 4) is 0 Å². The van der Waals surface area contributed by atoms with Crippen LogP contribution < -0.4 is 5.73 Å². The van der Waals surface area contributed by atoms with Crippen LogP contribution in [0.2, 0.25) is 0 Å². The van der Waals surface area contributed by atoms with Gasteiger partial charge in [-0.15, -0.1) is 0 Å². The van der Waals surface area contributed by atoms with Crippen molar-refractivity contribution in [2.75, 3.05) is 5.73 Å². The number of nitrogens with zero attached hydrogens (tertiary/aromatic N) is 5. The number of sulfone groups is 1. The van der Waals surface area contributed by atoms with Crippen LogP contribution in [0.5, 0.6) is 0 Å². The van der Waals surface area contributed by atoms with Crippen molar-refractivity contribution >= 4 is 49.8 Å². The molecule has 174 valence electrons. The fourth-order valence-electron chi connectivity index (χ4n) is 3.68. The minimum atomic E-state index is -4.07. The van der Waals surface area contributed by atoms with Crippen molar-refractivity contribution in [1.29, 1.82) is 0 Å². The molecule has 0 bridgehead atoms. The van der Waals surface area contributed by atoms with Crippen LogP contribution in [0.4, 0.5) is 11.5 Å². The second-order valence-electron chi connectivity index (χ2n) is 7.82. The molecule has 11 heteroatoms. The lowest BCUT2D eigenvalue weighted by molar-refractivity contribution is -0.384. The number of nitrogens with two attached hydrogens (primary N) is 1. The van der Waals surface area contributed by atoms with Crippen LogP contribution in [0.25, 0.3) is 22.2 Å². The molecule has 3 aromatic carbocycles. The summed E-state index contributed by atoms with van der Waals surface area (Å²) < 4.78 is 28.5. The maximum absolute atomic E-state index is 13.6. The molecule has 0 saturated carbocycles. The molecule has 2 aromatic heterocycles. The van der Waals surface area contributed by atoms with Gasteiger partial charge in [-0.3, -0.25) is 10.1 Å². The van der Waals surface area contributed by atoms with Gasteiger partial charge >= 0.3 is 0 Å². The highest BCUT2D eigenvalue weighted by atomic mass is 32.2. The van der Waals surface area contributed by atoms with E-state index >= 15 is 0 Å². The highest BCUT2D eigenvalue weighted by Crippen LogP contribution is 2.35. The van der Waals surface area contributed by atoms with Crippen LogP contribution in [-0.2, 0) is 9.84 Å². The number of rotatable bonds is 5. The molecule has 0 atom stereocenters. The average Bonchev–Trinajstić information content (AvgIpc) is 3.12. The van der Waals surface area contributed by atoms with Gasteiger partial charge in [-0.1, -0.05) is 42.0 Å². The van der Waals surface area contributed by atoms with Gasteiger partial charge in [0.25, 0.3) is 5.69 Å². The molecule has 0 unspecified atom stereocenters. The number of aryl methyl sites for hydroxylation is 1. The van der Waals surface area contributed by atoms with E-state index in [9.17, 15) is 18.5 Å². The quantitative estimate of drug-likeness (QED) is 0.223. The average molecular weight is 487 g/mol. The molecule has 0 saturated heterocycles. The highest BCUT2D eigenvalue weighted by molar-refractivity contribution is 7.92. The fourth-order valence-corrected chi connectivity index (χ4v) is 5.17. The molecule has 5 aromatic rings. The Hall–Kier alpha value is -4.64. The van der Waals surface area contributed by atoms with Gasteiger partial charge in [0.05, 0.1) is 27.1 Å².